The van der Waals surface area contributed by atoms with Gasteiger partial charge in [0.05, 0.1) is 6.10 Å². The van der Waals surface area contributed by atoms with Crippen molar-refractivity contribution >= 4 is 17.3 Å². The number of ether oxygens (including phenoxy) is 1. The van der Waals surface area contributed by atoms with E-state index in [-0.39, 0.29) is 12.7 Å². The second-order valence-corrected chi connectivity index (χ2v) is 5.53. The summed E-state index contributed by atoms with van der Waals surface area (Å²) in [6, 6.07) is 6.35. The number of benzene rings is 1. The highest BCUT2D eigenvalue weighted by molar-refractivity contribution is 6.30. The molecule has 0 amide bonds. The lowest BCUT2D eigenvalue weighted by molar-refractivity contribution is 0.0813. The van der Waals surface area contributed by atoms with Gasteiger partial charge < -0.3 is 15.2 Å². The van der Waals surface area contributed by atoms with E-state index in [1.807, 2.05) is 18.2 Å². The Morgan fingerprint density at radius 2 is 2.33 bits per heavy atom. The van der Waals surface area contributed by atoms with Gasteiger partial charge in [0.25, 0.3) is 0 Å². The summed E-state index contributed by atoms with van der Waals surface area (Å²) < 4.78 is 5.89. The van der Waals surface area contributed by atoms with Gasteiger partial charge in [-0.1, -0.05) is 11.6 Å². The van der Waals surface area contributed by atoms with Crippen LogP contribution in [0.5, 0.6) is 0 Å². The van der Waals surface area contributed by atoms with Crippen LogP contribution in [0.1, 0.15) is 30.9 Å². The molecule has 4 heteroatoms. The van der Waals surface area contributed by atoms with Gasteiger partial charge in [-0.05, 0) is 37.5 Å². The molecule has 0 saturated carbocycles. The van der Waals surface area contributed by atoms with Crippen molar-refractivity contribution in [3.05, 3.63) is 28.8 Å². The highest BCUT2D eigenvalue weighted by Crippen LogP contribution is 2.46. The molecule has 98 valence electrons. The van der Waals surface area contributed by atoms with Crippen LogP contribution in [-0.2, 0) is 4.74 Å². The number of aliphatic hydroxyl groups excluding tert-OH is 1. The number of halogens is 1. The van der Waals surface area contributed by atoms with E-state index in [2.05, 4.69) is 5.32 Å². The molecule has 1 aromatic carbocycles. The second kappa shape index (κ2) is 5.08. The van der Waals surface area contributed by atoms with E-state index < -0.39 is 0 Å². The first-order valence-corrected chi connectivity index (χ1v) is 6.96. The molecule has 3 nitrogen and oxygen atoms in total. The smallest absolute Gasteiger partial charge is 0.0893 e. The summed E-state index contributed by atoms with van der Waals surface area (Å²) in [5.41, 5.74) is 2.32. The summed E-state index contributed by atoms with van der Waals surface area (Å²) >= 11 is 6.07. The molecule has 0 aromatic heterocycles. The van der Waals surface area contributed by atoms with Crippen LogP contribution in [-0.4, -0.2) is 24.4 Å². The number of anilines is 1. The minimum absolute atomic E-state index is 0.170. The van der Waals surface area contributed by atoms with Gasteiger partial charge in [0, 0.05) is 41.4 Å². The monoisotopic (exact) mass is 267 g/mol. The molecule has 2 aliphatic heterocycles. The molecule has 1 fully saturated rings. The Bertz CT molecular complexity index is 438. The second-order valence-electron chi connectivity index (χ2n) is 5.09. The summed E-state index contributed by atoms with van der Waals surface area (Å²) in [6.45, 7) is 1.07. The fourth-order valence-corrected chi connectivity index (χ4v) is 3.32. The lowest BCUT2D eigenvalue weighted by atomic mass is 9.82. The predicted octanol–water partition coefficient (Wildman–Crippen LogP) is 2.98. The molecule has 1 saturated heterocycles. The standard InChI is InChI=1S/C14H18ClNO2/c15-9-3-4-13-11(8-9)14-10(5-7-18-14)12(16-13)2-1-6-17/h3-4,8,10,12,14,16-17H,1-2,5-7H2/t10-,12?,14-/m1/s1. The van der Waals surface area contributed by atoms with Crippen LogP contribution >= 0.6 is 11.6 Å². The maximum absolute atomic E-state index is 8.99. The fraction of sp³-hybridized carbons (Fsp3) is 0.571. The summed E-state index contributed by atoms with van der Waals surface area (Å²) in [6.07, 6.45) is 3.08. The fourth-order valence-electron chi connectivity index (χ4n) is 3.14. The number of aliphatic hydroxyl groups is 1. The molecule has 1 aromatic rings. The molecular formula is C14H18ClNO2. The first kappa shape index (κ1) is 12.3. The van der Waals surface area contributed by atoms with E-state index in [1.165, 1.54) is 5.56 Å². The molecule has 18 heavy (non-hydrogen) atoms. The van der Waals surface area contributed by atoms with Crippen molar-refractivity contribution in [1.82, 2.24) is 0 Å². The van der Waals surface area contributed by atoms with Crippen molar-refractivity contribution in [2.75, 3.05) is 18.5 Å². The van der Waals surface area contributed by atoms with E-state index in [0.29, 0.717) is 12.0 Å². The third-order valence-corrected chi connectivity index (χ3v) is 4.22. The van der Waals surface area contributed by atoms with Crippen molar-refractivity contribution < 1.29 is 9.84 Å². The number of nitrogens with one attached hydrogen (secondary N) is 1. The minimum atomic E-state index is 0.170. The molecule has 3 rings (SSSR count). The van der Waals surface area contributed by atoms with Crippen LogP contribution in [0.3, 0.4) is 0 Å². The van der Waals surface area contributed by atoms with Crippen LogP contribution in [0.4, 0.5) is 5.69 Å². The summed E-state index contributed by atoms with van der Waals surface area (Å²) in [5, 5.41) is 13.3. The van der Waals surface area contributed by atoms with Gasteiger partial charge in [-0.2, -0.15) is 0 Å². The Labute approximate surface area is 112 Å². The molecule has 2 heterocycles. The van der Waals surface area contributed by atoms with Gasteiger partial charge in [-0.3, -0.25) is 0 Å². The Hall–Kier alpha value is -0.770. The highest BCUT2D eigenvalue weighted by Gasteiger charge is 2.40. The SMILES string of the molecule is OCCCC1Nc2ccc(Cl)cc2[C@@H]2OCC[C@H]12. The molecule has 2 aliphatic rings. The zero-order valence-electron chi connectivity index (χ0n) is 10.2. The van der Waals surface area contributed by atoms with E-state index in [4.69, 9.17) is 21.4 Å². The van der Waals surface area contributed by atoms with Crippen LogP contribution in [0, 0.1) is 5.92 Å². The van der Waals surface area contributed by atoms with Crippen molar-refractivity contribution in [1.29, 1.82) is 0 Å². The first-order chi connectivity index (χ1) is 8.79. The molecule has 0 bridgehead atoms. The van der Waals surface area contributed by atoms with Gasteiger partial charge in [0.1, 0.15) is 0 Å². The Kier molecular flexibility index (Phi) is 3.46. The van der Waals surface area contributed by atoms with Crippen LogP contribution < -0.4 is 5.32 Å². The van der Waals surface area contributed by atoms with Crippen LogP contribution in [0.25, 0.3) is 0 Å². The Morgan fingerprint density at radius 3 is 3.17 bits per heavy atom. The zero-order chi connectivity index (χ0) is 12.5. The van der Waals surface area contributed by atoms with Gasteiger partial charge >= 0.3 is 0 Å². The maximum atomic E-state index is 8.99. The summed E-state index contributed by atoms with van der Waals surface area (Å²) in [5.74, 6) is 0.502. The van der Waals surface area contributed by atoms with E-state index >= 15 is 0 Å². The zero-order valence-corrected chi connectivity index (χ0v) is 11.0. The summed E-state index contributed by atoms with van der Waals surface area (Å²) in [4.78, 5) is 0. The number of fused-ring (bicyclic) bond motifs is 3. The first-order valence-electron chi connectivity index (χ1n) is 6.58. The van der Waals surface area contributed by atoms with Gasteiger partial charge in [0.2, 0.25) is 0 Å². The molecule has 0 radical (unpaired) electrons. The minimum Gasteiger partial charge on any atom is -0.396 e. The van der Waals surface area contributed by atoms with Gasteiger partial charge in [-0.15, -0.1) is 0 Å². The average Bonchev–Trinajstić information content (AvgIpc) is 2.86. The summed E-state index contributed by atoms with van der Waals surface area (Å²) in [7, 11) is 0. The maximum Gasteiger partial charge on any atom is 0.0893 e. The van der Waals surface area contributed by atoms with E-state index in [0.717, 1.165) is 36.6 Å². The van der Waals surface area contributed by atoms with Crippen molar-refractivity contribution in [2.24, 2.45) is 5.92 Å². The lowest BCUT2D eigenvalue weighted by Gasteiger charge is -2.36. The Balaban J connectivity index is 1.89. The number of hydrogen-bond donors (Lipinski definition) is 2. The molecule has 2 N–H and O–H groups in total. The Morgan fingerprint density at radius 1 is 1.44 bits per heavy atom. The lowest BCUT2D eigenvalue weighted by Crippen LogP contribution is -2.36. The molecule has 3 atom stereocenters. The van der Waals surface area contributed by atoms with Crippen molar-refractivity contribution in [2.45, 2.75) is 31.4 Å². The topological polar surface area (TPSA) is 41.5 Å². The third kappa shape index (κ3) is 2.11. The van der Waals surface area contributed by atoms with Gasteiger partial charge in [-0.25, -0.2) is 0 Å². The molecule has 0 spiro atoms. The molecular weight excluding hydrogens is 250 g/mol. The number of hydrogen-bond acceptors (Lipinski definition) is 3. The third-order valence-electron chi connectivity index (χ3n) is 3.99. The largest absolute Gasteiger partial charge is 0.396 e. The molecule has 1 unspecified atom stereocenters. The highest BCUT2D eigenvalue weighted by atomic mass is 35.5. The number of rotatable bonds is 3. The van der Waals surface area contributed by atoms with Crippen LogP contribution in [0.15, 0.2) is 18.2 Å². The normalized spacial score (nSPS) is 29.6. The van der Waals surface area contributed by atoms with E-state index in [1.54, 1.807) is 0 Å². The van der Waals surface area contributed by atoms with Gasteiger partial charge in [0.15, 0.2) is 0 Å². The predicted molar refractivity (Wildman–Crippen MR) is 72.0 cm³/mol. The quantitative estimate of drug-likeness (QED) is 0.885. The van der Waals surface area contributed by atoms with Crippen molar-refractivity contribution in [3.63, 3.8) is 0 Å². The van der Waals surface area contributed by atoms with Crippen molar-refractivity contribution in [3.8, 4) is 0 Å². The molecule has 0 aliphatic carbocycles. The van der Waals surface area contributed by atoms with Crippen LogP contribution in [0.2, 0.25) is 5.02 Å². The van der Waals surface area contributed by atoms with E-state index in [9.17, 15) is 0 Å². The average molecular weight is 268 g/mol.